The number of piperidine rings is 1. The standard InChI is InChI=1S/C20H25NO2/c1-13-10-14(2)19-20(17(22)8-5-9-18(20)23)11-15-6-3-4-7-16(15)21(19)12-13/h3-4,6-7,13-14,19H,5,8-12H2,1-2H3. The quantitative estimate of drug-likeness (QED) is 0.689. The van der Waals surface area contributed by atoms with Crippen LogP contribution >= 0.6 is 0 Å². The van der Waals surface area contributed by atoms with Crippen molar-refractivity contribution in [2.24, 2.45) is 17.3 Å². The van der Waals surface area contributed by atoms with Crippen LogP contribution in [0.15, 0.2) is 24.3 Å². The molecule has 1 aromatic carbocycles. The molecule has 1 aliphatic carbocycles. The van der Waals surface area contributed by atoms with E-state index in [9.17, 15) is 9.59 Å². The second-order valence-corrected chi connectivity index (χ2v) is 7.89. The summed E-state index contributed by atoms with van der Waals surface area (Å²) in [5.74, 6) is 1.36. The summed E-state index contributed by atoms with van der Waals surface area (Å²) in [7, 11) is 0. The SMILES string of the molecule is CC1CC(C)C2N(C1)c1ccccc1CC21C(=O)CCCC1=O. The third-order valence-corrected chi connectivity index (χ3v) is 6.24. The van der Waals surface area contributed by atoms with Crippen molar-refractivity contribution in [2.45, 2.75) is 52.0 Å². The van der Waals surface area contributed by atoms with E-state index in [0.29, 0.717) is 31.1 Å². The highest BCUT2D eigenvalue weighted by Crippen LogP contribution is 2.51. The fourth-order valence-electron chi connectivity index (χ4n) is 5.48. The number of hydrogen-bond donors (Lipinski definition) is 0. The highest BCUT2D eigenvalue weighted by molar-refractivity contribution is 6.11. The van der Waals surface area contributed by atoms with Crippen molar-refractivity contribution in [3.05, 3.63) is 29.8 Å². The Balaban J connectivity index is 1.91. The van der Waals surface area contributed by atoms with E-state index in [1.54, 1.807) is 0 Å². The van der Waals surface area contributed by atoms with Crippen molar-refractivity contribution in [1.29, 1.82) is 0 Å². The third-order valence-electron chi connectivity index (χ3n) is 6.24. The maximum atomic E-state index is 13.0. The minimum absolute atomic E-state index is 0.0499. The molecule has 0 amide bonds. The minimum Gasteiger partial charge on any atom is -0.366 e. The Hall–Kier alpha value is -1.64. The Morgan fingerprint density at radius 2 is 1.78 bits per heavy atom. The fourth-order valence-corrected chi connectivity index (χ4v) is 5.48. The number of carbonyl (C=O) groups is 2. The lowest BCUT2D eigenvalue weighted by Crippen LogP contribution is -2.66. The Kier molecular flexibility index (Phi) is 3.36. The zero-order valence-corrected chi connectivity index (χ0v) is 14.0. The van der Waals surface area contributed by atoms with Crippen LogP contribution in [0.4, 0.5) is 5.69 Å². The summed E-state index contributed by atoms with van der Waals surface area (Å²) in [5.41, 5.74) is 1.63. The molecule has 3 nitrogen and oxygen atoms in total. The number of Topliss-reactive ketones (excluding diaryl/α,β-unsaturated/α-hetero) is 2. The van der Waals surface area contributed by atoms with E-state index in [2.05, 4.69) is 36.9 Å². The van der Waals surface area contributed by atoms with Crippen molar-refractivity contribution in [3.63, 3.8) is 0 Å². The molecule has 3 unspecified atom stereocenters. The molecule has 3 heteroatoms. The van der Waals surface area contributed by atoms with Gasteiger partial charge in [-0.2, -0.15) is 0 Å². The molecule has 2 fully saturated rings. The average Bonchev–Trinajstić information content (AvgIpc) is 2.52. The van der Waals surface area contributed by atoms with Crippen molar-refractivity contribution >= 4 is 17.3 Å². The van der Waals surface area contributed by atoms with Crippen LogP contribution in [0, 0.1) is 17.3 Å². The first-order chi connectivity index (χ1) is 11.0. The summed E-state index contributed by atoms with van der Waals surface area (Å²) in [5, 5.41) is 0. The normalized spacial score (nSPS) is 32.6. The second kappa shape index (κ2) is 5.19. The summed E-state index contributed by atoms with van der Waals surface area (Å²) in [6, 6.07) is 8.42. The van der Waals surface area contributed by atoms with Crippen LogP contribution in [0.3, 0.4) is 0 Å². The number of para-hydroxylation sites is 1. The Bertz CT molecular complexity index is 649. The molecule has 0 aromatic heterocycles. The van der Waals surface area contributed by atoms with E-state index in [1.165, 1.54) is 11.3 Å². The Morgan fingerprint density at radius 3 is 2.52 bits per heavy atom. The van der Waals surface area contributed by atoms with Crippen LogP contribution in [0.2, 0.25) is 0 Å². The first-order valence-electron chi connectivity index (χ1n) is 8.95. The van der Waals surface area contributed by atoms with Gasteiger partial charge in [0.1, 0.15) is 17.0 Å². The van der Waals surface area contributed by atoms with Crippen molar-refractivity contribution < 1.29 is 9.59 Å². The van der Waals surface area contributed by atoms with Gasteiger partial charge in [-0.05, 0) is 42.7 Å². The largest absolute Gasteiger partial charge is 0.366 e. The maximum Gasteiger partial charge on any atom is 0.148 e. The van der Waals surface area contributed by atoms with Gasteiger partial charge in [0.05, 0.1) is 6.04 Å². The summed E-state index contributed by atoms with van der Waals surface area (Å²) in [4.78, 5) is 28.5. The number of fused-ring (bicyclic) bond motifs is 4. The molecular formula is C20H25NO2. The molecule has 1 spiro atoms. The smallest absolute Gasteiger partial charge is 0.148 e. The van der Waals surface area contributed by atoms with Gasteiger partial charge in [0.15, 0.2) is 0 Å². The van der Waals surface area contributed by atoms with Crippen LogP contribution in [-0.4, -0.2) is 24.2 Å². The molecular weight excluding hydrogens is 286 g/mol. The molecule has 23 heavy (non-hydrogen) atoms. The Morgan fingerprint density at radius 1 is 1.09 bits per heavy atom. The van der Waals surface area contributed by atoms with Gasteiger partial charge >= 0.3 is 0 Å². The van der Waals surface area contributed by atoms with E-state index >= 15 is 0 Å². The number of ketones is 2. The number of anilines is 1. The van der Waals surface area contributed by atoms with Gasteiger partial charge in [-0.25, -0.2) is 0 Å². The average molecular weight is 311 g/mol. The topological polar surface area (TPSA) is 37.4 Å². The van der Waals surface area contributed by atoms with Gasteiger partial charge in [-0.15, -0.1) is 0 Å². The summed E-state index contributed by atoms with van der Waals surface area (Å²) < 4.78 is 0. The number of benzene rings is 1. The van der Waals surface area contributed by atoms with Gasteiger partial charge in [-0.3, -0.25) is 9.59 Å². The number of hydrogen-bond acceptors (Lipinski definition) is 3. The third kappa shape index (κ3) is 2.02. The van der Waals surface area contributed by atoms with E-state index in [1.807, 2.05) is 6.07 Å². The van der Waals surface area contributed by atoms with Gasteiger partial charge in [-0.1, -0.05) is 32.0 Å². The molecule has 122 valence electrons. The molecule has 1 aromatic rings. The molecule has 1 saturated heterocycles. The molecule has 2 heterocycles. The fraction of sp³-hybridized carbons (Fsp3) is 0.600. The van der Waals surface area contributed by atoms with Crippen LogP contribution in [-0.2, 0) is 16.0 Å². The van der Waals surface area contributed by atoms with Crippen LogP contribution < -0.4 is 4.90 Å². The summed E-state index contributed by atoms with van der Waals surface area (Å²) in [6.45, 7) is 5.47. The lowest BCUT2D eigenvalue weighted by molar-refractivity contribution is -0.147. The monoisotopic (exact) mass is 311 g/mol. The first-order valence-corrected chi connectivity index (χ1v) is 8.95. The highest BCUT2D eigenvalue weighted by atomic mass is 16.2. The molecule has 0 N–H and O–H groups in total. The second-order valence-electron chi connectivity index (χ2n) is 7.89. The number of carbonyl (C=O) groups excluding carboxylic acids is 2. The molecule has 0 bridgehead atoms. The zero-order chi connectivity index (χ0) is 16.2. The molecule has 2 aliphatic heterocycles. The molecule has 0 radical (unpaired) electrons. The molecule has 3 aliphatic rings. The van der Waals surface area contributed by atoms with Crippen molar-refractivity contribution in [2.75, 3.05) is 11.4 Å². The summed E-state index contributed by atoms with van der Waals surface area (Å²) in [6.07, 6.45) is 3.59. The van der Waals surface area contributed by atoms with E-state index in [4.69, 9.17) is 0 Å². The predicted octanol–water partition coefficient (Wildman–Crippen LogP) is 3.40. The van der Waals surface area contributed by atoms with Gasteiger partial charge in [0.25, 0.3) is 0 Å². The van der Waals surface area contributed by atoms with E-state index < -0.39 is 5.41 Å². The zero-order valence-electron chi connectivity index (χ0n) is 14.0. The van der Waals surface area contributed by atoms with Gasteiger partial charge < -0.3 is 4.90 Å². The predicted molar refractivity (Wildman–Crippen MR) is 90.5 cm³/mol. The number of rotatable bonds is 0. The minimum atomic E-state index is -0.786. The van der Waals surface area contributed by atoms with Crippen molar-refractivity contribution in [1.82, 2.24) is 0 Å². The molecule has 3 atom stereocenters. The van der Waals surface area contributed by atoms with E-state index in [-0.39, 0.29) is 17.6 Å². The van der Waals surface area contributed by atoms with Gasteiger partial charge in [0, 0.05) is 25.1 Å². The van der Waals surface area contributed by atoms with Gasteiger partial charge in [0.2, 0.25) is 0 Å². The summed E-state index contributed by atoms with van der Waals surface area (Å²) >= 11 is 0. The first kappa shape index (κ1) is 14.9. The van der Waals surface area contributed by atoms with E-state index in [0.717, 1.165) is 19.4 Å². The van der Waals surface area contributed by atoms with Crippen LogP contribution in [0.1, 0.15) is 45.1 Å². The van der Waals surface area contributed by atoms with Crippen LogP contribution in [0.5, 0.6) is 0 Å². The van der Waals surface area contributed by atoms with Crippen LogP contribution in [0.25, 0.3) is 0 Å². The molecule has 4 rings (SSSR count). The lowest BCUT2D eigenvalue weighted by Gasteiger charge is -2.56. The maximum absolute atomic E-state index is 13.0. The molecule has 1 saturated carbocycles. The number of nitrogens with zero attached hydrogens (tertiary/aromatic N) is 1. The van der Waals surface area contributed by atoms with Crippen molar-refractivity contribution in [3.8, 4) is 0 Å². The highest BCUT2D eigenvalue weighted by Gasteiger charge is 2.59. The Labute approximate surface area is 138 Å². The lowest BCUT2D eigenvalue weighted by atomic mass is 9.57.